The second-order valence-corrected chi connectivity index (χ2v) is 5.67. The monoisotopic (exact) mass is 371 g/mol. The van der Waals surface area contributed by atoms with Gasteiger partial charge in [-0.1, -0.05) is 12.1 Å². The third-order valence-corrected chi connectivity index (χ3v) is 3.90. The fourth-order valence-electron chi connectivity index (χ4n) is 2.78. The first-order chi connectivity index (χ1) is 10.8. The minimum absolute atomic E-state index is 0. The van der Waals surface area contributed by atoms with Crippen molar-refractivity contribution >= 4 is 36.4 Å². The lowest BCUT2D eigenvalue weighted by Crippen LogP contribution is -2.23. The van der Waals surface area contributed by atoms with Gasteiger partial charge in [0.05, 0.1) is 6.54 Å². The van der Waals surface area contributed by atoms with Crippen LogP contribution in [0.3, 0.4) is 0 Å². The Morgan fingerprint density at radius 2 is 2.25 bits per heavy atom. The maximum Gasteiger partial charge on any atom is 0.224 e. The second-order valence-electron chi connectivity index (χ2n) is 5.67. The van der Waals surface area contributed by atoms with Crippen molar-refractivity contribution in [2.24, 2.45) is 0 Å². The molecule has 1 atom stereocenters. The lowest BCUT2D eigenvalue weighted by Gasteiger charge is -2.11. The van der Waals surface area contributed by atoms with E-state index in [1.807, 2.05) is 24.3 Å². The molecule has 1 aliphatic heterocycles. The third-order valence-electron chi connectivity index (χ3n) is 3.90. The molecule has 24 heavy (non-hydrogen) atoms. The molecule has 2 N–H and O–H groups in total. The normalized spacial score (nSPS) is 16.1. The molecular formula is C16H23Cl2N5O. The number of nitrogens with zero attached hydrogens (tertiary/aromatic N) is 3. The van der Waals surface area contributed by atoms with Crippen LogP contribution in [-0.4, -0.2) is 33.3 Å². The molecule has 1 aromatic carbocycles. The summed E-state index contributed by atoms with van der Waals surface area (Å²) in [5.74, 6) is 0.0756. The number of rotatable bonds is 6. The molecule has 1 saturated heterocycles. The van der Waals surface area contributed by atoms with Gasteiger partial charge in [0, 0.05) is 18.2 Å². The summed E-state index contributed by atoms with van der Waals surface area (Å²) < 4.78 is 1.76. The average molecular weight is 372 g/mol. The van der Waals surface area contributed by atoms with Gasteiger partial charge < -0.3 is 10.6 Å². The second kappa shape index (κ2) is 10.3. The van der Waals surface area contributed by atoms with Crippen LogP contribution in [0.2, 0.25) is 0 Å². The van der Waals surface area contributed by atoms with Crippen molar-refractivity contribution in [3.8, 4) is 0 Å². The largest absolute Gasteiger partial charge is 0.326 e. The molecule has 1 aromatic heterocycles. The first-order valence-corrected chi connectivity index (χ1v) is 7.74. The fourth-order valence-corrected chi connectivity index (χ4v) is 2.78. The van der Waals surface area contributed by atoms with E-state index in [-0.39, 0.29) is 30.7 Å². The molecule has 0 bridgehead atoms. The topological polar surface area (TPSA) is 71.8 Å². The van der Waals surface area contributed by atoms with E-state index >= 15 is 0 Å². The zero-order chi connectivity index (χ0) is 15.2. The first kappa shape index (κ1) is 20.4. The molecule has 2 aromatic rings. The maximum atomic E-state index is 12.0. The van der Waals surface area contributed by atoms with Crippen molar-refractivity contribution in [2.45, 2.75) is 38.3 Å². The minimum atomic E-state index is 0. The molecular weight excluding hydrogens is 349 g/mol. The highest BCUT2D eigenvalue weighted by atomic mass is 35.5. The molecule has 1 unspecified atom stereocenters. The average Bonchev–Trinajstić information content (AvgIpc) is 3.19. The molecule has 2 heterocycles. The highest BCUT2D eigenvalue weighted by Crippen LogP contribution is 2.14. The van der Waals surface area contributed by atoms with E-state index in [9.17, 15) is 4.79 Å². The Labute approximate surface area is 154 Å². The van der Waals surface area contributed by atoms with Gasteiger partial charge in [-0.25, -0.2) is 9.67 Å². The number of benzene rings is 1. The zero-order valence-electron chi connectivity index (χ0n) is 13.4. The van der Waals surface area contributed by atoms with Gasteiger partial charge in [-0.15, -0.1) is 24.8 Å². The van der Waals surface area contributed by atoms with E-state index in [0.717, 1.165) is 24.2 Å². The van der Waals surface area contributed by atoms with Crippen LogP contribution in [0.15, 0.2) is 36.9 Å². The number of anilines is 1. The van der Waals surface area contributed by atoms with Crippen molar-refractivity contribution in [1.29, 1.82) is 0 Å². The summed E-state index contributed by atoms with van der Waals surface area (Å²) >= 11 is 0. The Morgan fingerprint density at radius 3 is 2.96 bits per heavy atom. The molecule has 0 aliphatic carbocycles. The summed E-state index contributed by atoms with van der Waals surface area (Å²) in [5.41, 5.74) is 1.92. The number of hydrogen-bond acceptors (Lipinski definition) is 4. The van der Waals surface area contributed by atoms with Crippen molar-refractivity contribution in [1.82, 2.24) is 20.1 Å². The quantitative estimate of drug-likeness (QED) is 0.818. The van der Waals surface area contributed by atoms with Gasteiger partial charge in [0.15, 0.2) is 0 Å². The van der Waals surface area contributed by atoms with Gasteiger partial charge in [-0.05, 0) is 43.5 Å². The molecule has 1 fully saturated rings. The summed E-state index contributed by atoms with van der Waals surface area (Å²) in [6.07, 6.45) is 7.06. The van der Waals surface area contributed by atoms with Crippen LogP contribution in [0, 0.1) is 0 Å². The lowest BCUT2D eigenvalue weighted by atomic mass is 10.1. The van der Waals surface area contributed by atoms with Gasteiger partial charge in [0.2, 0.25) is 5.91 Å². The maximum absolute atomic E-state index is 12.0. The van der Waals surface area contributed by atoms with Crippen LogP contribution in [0.25, 0.3) is 0 Å². The number of amides is 1. The van der Waals surface area contributed by atoms with Crippen LogP contribution in [0.4, 0.5) is 5.69 Å². The molecule has 3 rings (SSSR count). The van der Waals surface area contributed by atoms with E-state index < -0.39 is 0 Å². The molecule has 6 nitrogen and oxygen atoms in total. The van der Waals surface area contributed by atoms with Crippen molar-refractivity contribution in [2.75, 3.05) is 11.9 Å². The molecule has 0 spiro atoms. The molecule has 1 aliphatic rings. The lowest BCUT2D eigenvalue weighted by molar-refractivity contribution is -0.116. The molecule has 0 radical (unpaired) electrons. The minimum Gasteiger partial charge on any atom is -0.326 e. The van der Waals surface area contributed by atoms with Crippen molar-refractivity contribution in [3.63, 3.8) is 0 Å². The van der Waals surface area contributed by atoms with Gasteiger partial charge >= 0.3 is 0 Å². The summed E-state index contributed by atoms with van der Waals surface area (Å²) in [6, 6.07) is 8.36. The first-order valence-electron chi connectivity index (χ1n) is 7.74. The van der Waals surface area contributed by atoms with Gasteiger partial charge in [-0.2, -0.15) is 5.10 Å². The van der Waals surface area contributed by atoms with Crippen LogP contribution < -0.4 is 10.6 Å². The Balaban J connectivity index is 0.00000144. The Bertz CT molecular complexity index is 615. The van der Waals surface area contributed by atoms with E-state index in [1.165, 1.54) is 19.2 Å². The highest BCUT2D eigenvalue weighted by Gasteiger charge is 2.15. The SMILES string of the molecule is Cl.Cl.O=C(CCC1CCCN1)Nc1cccc(Cn2cncn2)c1. The third kappa shape index (κ3) is 6.11. The number of halogens is 2. The van der Waals surface area contributed by atoms with E-state index in [4.69, 9.17) is 0 Å². The highest BCUT2D eigenvalue weighted by molar-refractivity contribution is 5.90. The van der Waals surface area contributed by atoms with Gasteiger partial charge in [0.1, 0.15) is 12.7 Å². The number of hydrogen-bond donors (Lipinski definition) is 2. The van der Waals surface area contributed by atoms with Crippen LogP contribution in [0.1, 0.15) is 31.2 Å². The number of aromatic nitrogens is 3. The predicted molar refractivity (Wildman–Crippen MR) is 99.0 cm³/mol. The summed E-state index contributed by atoms with van der Waals surface area (Å²) in [6.45, 7) is 1.73. The fraction of sp³-hybridized carbons (Fsp3) is 0.438. The number of carbonyl (C=O) groups excluding carboxylic acids is 1. The van der Waals surface area contributed by atoms with Crippen LogP contribution in [0.5, 0.6) is 0 Å². The van der Waals surface area contributed by atoms with E-state index in [1.54, 1.807) is 11.0 Å². The summed E-state index contributed by atoms with van der Waals surface area (Å²) in [4.78, 5) is 16.0. The summed E-state index contributed by atoms with van der Waals surface area (Å²) in [7, 11) is 0. The molecule has 0 saturated carbocycles. The van der Waals surface area contributed by atoms with Crippen molar-refractivity contribution < 1.29 is 4.79 Å². The zero-order valence-corrected chi connectivity index (χ0v) is 15.0. The Kier molecular flexibility index (Phi) is 8.74. The Hall–Kier alpha value is -1.63. The van der Waals surface area contributed by atoms with E-state index in [2.05, 4.69) is 20.7 Å². The van der Waals surface area contributed by atoms with E-state index in [0.29, 0.717) is 19.0 Å². The summed E-state index contributed by atoms with van der Waals surface area (Å²) in [5, 5.41) is 10.5. The van der Waals surface area contributed by atoms with Gasteiger partial charge in [-0.3, -0.25) is 4.79 Å². The molecule has 1 amide bonds. The number of carbonyl (C=O) groups is 1. The van der Waals surface area contributed by atoms with Crippen molar-refractivity contribution in [3.05, 3.63) is 42.5 Å². The molecule has 132 valence electrons. The van der Waals surface area contributed by atoms with Gasteiger partial charge in [0.25, 0.3) is 0 Å². The smallest absolute Gasteiger partial charge is 0.224 e. The molecule has 8 heteroatoms. The predicted octanol–water partition coefficient (Wildman–Crippen LogP) is 2.64. The van der Waals surface area contributed by atoms with Crippen LogP contribution >= 0.6 is 24.8 Å². The standard InChI is InChI=1S/C16H21N5O.2ClH/c22-16(7-6-14-5-2-8-18-14)20-15-4-1-3-13(9-15)10-21-12-17-11-19-21;;/h1,3-4,9,11-12,14,18H,2,5-8,10H2,(H,20,22);2*1H. The Morgan fingerprint density at radius 1 is 1.38 bits per heavy atom. The number of nitrogens with one attached hydrogen (secondary N) is 2. The van der Waals surface area contributed by atoms with Crippen LogP contribution in [-0.2, 0) is 11.3 Å².